The lowest BCUT2D eigenvalue weighted by molar-refractivity contribution is -0.195. The molecule has 3 rings (SSSR count). The maximum Gasteiger partial charge on any atom is 0.490 e. The van der Waals surface area contributed by atoms with Gasteiger partial charge in [-0.1, -0.05) is 0 Å². The van der Waals surface area contributed by atoms with Crippen molar-refractivity contribution in [3.05, 3.63) is 0 Å². The molecule has 3 saturated heterocycles. The van der Waals surface area contributed by atoms with Crippen LogP contribution in [0.5, 0.6) is 0 Å². The molecule has 6 nitrogen and oxygen atoms in total. The summed E-state index contributed by atoms with van der Waals surface area (Å²) in [5.74, 6) is -1.96. The normalized spacial score (nSPS) is 26.1. The first-order valence-corrected chi connectivity index (χ1v) is 9.59. The van der Waals surface area contributed by atoms with Crippen LogP contribution in [0, 0.1) is 5.92 Å². The summed E-state index contributed by atoms with van der Waals surface area (Å²) in [5.41, 5.74) is 0.174. The number of hydrogen-bond donors (Lipinski definition) is 1. The Labute approximate surface area is 157 Å². The van der Waals surface area contributed by atoms with Crippen LogP contribution in [0.2, 0.25) is 0 Å². The second-order valence-corrected chi connectivity index (χ2v) is 7.43. The van der Waals surface area contributed by atoms with Crippen molar-refractivity contribution >= 4 is 5.97 Å². The summed E-state index contributed by atoms with van der Waals surface area (Å²) < 4.78 is 48.8. The van der Waals surface area contributed by atoms with Crippen LogP contribution in [-0.2, 0) is 19.0 Å². The van der Waals surface area contributed by atoms with Crippen molar-refractivity contribution in [2.24, 2.45) is 5.92 Å². The second kappa shape index (κ2) is 10.0. The van der Waals surface area contributed by atoms with Gasteiger partial charge in [-0.2, -0.15) is 13.2 Å². The largest absolute Gasteiger partial charge is 0.490 e. The van der Waals surface area contributed by atoms with Crippen LogP contribution in [-0.4, -0.2) is 79.9 Å². The first kappa shape index (κ1) is 22.4. The molecule has 0 aromatic rings. The molecular weight excluding hydrogens is 367 g/mol. The fraction of sp³-hybridized carbons (Fsp3) is 0.944. The molecule has 1 atom stereocenters. The molecular formula is C18H30F3NO5. The zero-order chi connectivity index (χ0) is 19.9. The molecule has 0 aromatic carbocycles. The summed E-state index contributed by atoms with van der Waals surface area (Å²) in [4.78, 5) is 11.5. The molecule has 1 unspecified atom stereocenters. The highest BCUT2D eigenvalue weighted by Gasteiger charge is 2.49. The summed E-state index contributed by atoms with van der Waals surface area (Å²) >= 11 is 0. The van der Waals surface area contributed by atoms with Gasteiger partial charge in [-0.3, -0.25) is 4.90 Å². The van der Waals surface area contributed by atoms with E-state index in [1.807, 2.05) is 0 Å². The molecule has 9 heteroatoms. The summed E-state index contributed by atoms with van der Waals surface area (Å²) in [6.07, 6.45) is 0.968. The molecule has 0 aliphatic carbocycles. The van der Waals surface area contributed by atoms with Crippen LogP contribution < -0.4 is 0 Å². The molecule has 3 fully saturated rings. The Morgan fingerprint density at radius 2 is 1.85 bits per heavy atom. The average Bonchev–Trinajstić information content (AvgIpc) is 2.60. The highest BCUT2D eigenvalue weighted by molar-refractivity contribution is 5.73. The summed E-state index contributed by atoms with van der Waals surface area (Å²) in [6.45, 7) is 8.93. The van der Waals surface area contributed by atoms with E-state index in [0.717, 1.165) is 58.1 Å². The first-order chi connectivity index (χ1) is 12.8. The fourth-order valence-corrected chi connectivity index (χ4v) is 3.99. The zero-order valence-corrected chi connectivity index (χ0v) is 15.8. The van der Waals surface area contributed by atoms with Gasteiger partial charge >= 0.3 is 12.1 Å². The number of halogens is 3. The molecule has 0 aromatic heterocycles. The Hall–Kier alpha value is -0.900. The Morgan fingerprint density at radius 1 is 1.22 bits per heavy atom. The highest BCUT2D eigenvalue weighted by Crippen LogP contribution is 2.40. The number of aliphatic carboxylic acids is 1. The van der Waals surface area contributed by atoms with Gasteiger partial charge in [0.1, 0.15) is 0 Å². The smallest absolute Gasteiger partial charge is 0.475 e. The molecule has 0 bridgehead atoms. The van der Waals surface area contributed by atoms with E-state index in [2.05, 4.69) is 11.8 Å². The van der Waals surface area contributed by atoms with E-state index in [0.29, 0.717) is 0 Å². The minimum atomic E-state index is -5.08. The van der Waals surface area contributed by atoms with Gasteiger partial charge in [-0.15, -0.1) is 0 Å². The van der Waals surface area contributed by atoms with Crippen LogP contribution in [0.3, 0.4) is 0 Å². The number of carboxylic acids is 1. The lowest BCUT2D eigenvalue weighted by Crippen LogP contribution is -2.68. The number of carboxylic acid groups (broad SMARTS) is 1. The lowest BCUT2D eigenvalue weighted by atomic mass is 9.78. The third-order valence-electron chi connectivity index (χ3n) is 5.40. The Morgan fingerprint density at radius 3 is 2.41 bits per heavy atom. The van der Waals surface area contributed by atoms with Gasteiger partial charge in [-0.05, 0) is 44.9 Å². The lowest BCUT2D eigenvalue weighted by Gasteiger charge is -2.56. The molecule has 0 radical (unpaired) electrons. The third kappa shape index (κ3) is 6.89. The number of ether oxygens (including phenoxy) is 3. The number of likely N-dealkylation sites (tertiary alicyclic amines) is 1. The van der Waals surface area contributed by atoms with Gasteiger partial charge in [0.05, 0.1) is 5.60 Å². The van der Waals surface area contributed by atoms with Crippen molar-refractivity contribution in [3.8, 4) is 0 Å². The number of alkyl halides is 3. The fourth-order valence-electron chi connectivity index (χ4n) is 3.99. The molecule has 27 heavy (non-hydrogen) atoms. The average molecular weight is 397 g/mol. The number of carbonyl (C=O) groups is 1. The Kier molecular flexibility index (Phi) is 8.33. The highest BCUT2D eigenvalue weighted by atomic mass is 19.4. The summed E-state index contributed by atoms with van der Waals surface area (Å²) in [7, 11) is 0. The van der Waals surface area contributed by atoms with Crippen molar-refractivity contribution in [2.45, 2.75) is 56.8 Å². The van der Waals surface area contributed by atoms with E-state index in [9.17, 15) is 13.2 Å². The monoisotopic (exact) mass is 397 g/mol. The van der Waals surface area contributed by atoms with Gasteiger partial charge < -0.3 is 19.3 Å². The van der Waals surface area contributed by atoms with Crippen LogP contribution in [0.1, 0.15) is 39.0 Å². The van der Waals surface area contributed by atoms with Crippen molar-refractivity contribution < 1.29 is 37.3 Å². The van der Waals surface area contributed by atoms with Crippen molar-refractivity contribution in [3.63, 3.8) is 0 Å². The number of hydrogen-bond acceptors (Lipinski definition) is 5. The minimum Gasteiger partial charge on any atom is -0.475 e. The molecule has 1 N–H and O–H groups in total. The van der Waals surface area contributed by atoms with E-state index in [1.165, 1.54) is 32.1 Å². The molecule has 3 heterocycles. The van der Waals surface area contributed by atoms with E-state index >= 15 is 0 Å². The van der Waals surface area contributed by atoms with Crippen LogP contribution in [0.15, 0.2) is 0 Å². The van der Waals surface area contributed by atoms with Gasteiger partial charge in [0.15, 0.2) is 0 Å². The van der Waals surface area contributed by atoms with E-state index in [4.69, 9.17) is 24.1 Å². The van der Waals surface area contributed by atoms with Gasteiger partial charge in [-0.25, -0.2) is 4.79 Å². The molecule has 1 spiro atoms. The van der Waals surface area contributed by atoms with Crippen LogP contribution >= 0.6 is 0 Å². The molecule has 3 aliphatic heterocycles. The third-order valence-corrected chi connectivity index (χ3v) is 5.40. The quantitative estimate of drug-likeness (QED) is 0.720. The van der Waals surface area contributed by atoms with E-state index in [1.54, 1.807) is 0 Å². The predicted octanol–water partition coefficient (Wildman–Crippen LogP) is 2.71. The number of nitrogens with zero attached hydrogens (tertiary/aromatic N) is 1. The maximum absolute atomic E-state index is 10.6. The van der Waals surface area contributed by atoms with Crippen molar-refractivity contribution in [1.82, 2.24) is 4.90 Å². The van der Waals surface area contributed by atoms with Gasteiger partial charge in [0.2, 0.25) is 0 Å². The van der Waals surface area contributed by atoms with Gasteiger partial charge in [0, 0.05) is 52.2 Å². The summed E-state index contributed by atoms with van der Waals surface area (Å²) in [6, 6.07) is 0.738. The van der Waals surface area contributed by atoms with Gasteiger partial charge in [0.25, 0.3) is 0 Å². The van der Waals surface area contributed by atoms with Crippen molar-refractivity contribution in [2.75, 3.05) is 46.1 Å². The molecule has 0 amide bonds. The topological polar surface area (TPSA) is 68.2 Å². The Bertz CT molecular complexity index is 462. The summed E-state index contributed by atoms with van der Waals surface area (Å²) in [5, 5.41) is 7.12. The molecule has 3 aliphatic rings. The predicted molar refractivity (Wildman–Crippen MR) is 91.6 cm³/mol. The number of rotatable bonds is 5. The molecule has 0 saturated carbocycles. The SMILES string of the molecule is CCOCCC1CCOC2(C1)CN(C1CCOCC1)C2.O=C(O)C(F)(F)F. The second-order valence-electron chi connectivity index (χ2n) is 7.43. The standard InChI is InChI=1S/C16H29NO3.C2HF3O2/c1-2-18-7-3-14-4-10-20-16(11-14)12-17(13-16)15-5-8-19-9-6-15;3-2(4,5)1(6)7/h14-15H,2-13H2,1H3;(H,6,7). The Balaban J connectivity index is 0.000000321. The minimum absolute atomic E-state index is 0.174. The van der Waals surface area contributed by atoms with Crippen LogP contribution in [0.4, 0.5) is 13.2 Å². The van der Waals surface area contributed by atoms with Crippen molar-refractivity contribution in [1.29, 1.82) is 0 Å². The maximum atomic E-state index is 10.6. The van der Waals surface area contributed by atoms with E-state index < -0.39 is 12.1 Å². The molecule has 158 valence electrons. The first-order valence-electron chi connectivity index (χ1n) is 9.59. The zero-order valence-electron chi connectivity index (χ0n) is 15.8. The van der Waals surface area contributed by atoms with E-state index in [-0.39, 0.29) is 5.60 Å². The van der Waals surface area contributed by atoms with Crippen LogP contribution in [0.25, 0.3) is 0 Å².